The number of likely N-dealkylation sites (N-methyl/N-ethyl adjacent to an activating group) is 1. The quantitative estimate of drug-likeness (QED) is 0.298. The molecule has 1 N–H and O–H groups in total. The zero-order chi connectivity index (χ0) is 30.8. The molecular weight excluding hydrogens is 576 g/mol. The van der Waals surface area contributed by atoms with E-state index in [1.165, 1.54) is 23.4 Å². The van der Waals surface area contributed by atoms with Gasteiger partial charge in [-0.15, -0.1) is 5.10 Å². The Morgan fingerprint density at radius 2 is 1.84 bits per heavy atom. The molecule has 2 saturated heterocycles. The Balaban J connectivity index is 1.21. The zero-order valence-electron chi connectivity index (χ0n) is 26.0. The third-order valence-electron chi connectivity index (χ3n) is 8.84. The molecule has 0 saturated carbocycles. The van der Waals surface area contributed by atoms with Crippen molar-refractivity contribution in [1.82, 2.24) is 24.4 Å². The van der Waals surface area contributed by atoms with Gasteiger partial charge in [0, 0.05) is 70.2 Å². The Morgan fingerprint density at radius 1 is 1.05 bits per heavy atom. The molecule has 2 aromatic carbocycles. The van der Waals surface area contributed by atoms with Crippen LogP contribution in [0.2, 0.25) is 0 Å². The maximum absolute atomic E-state index is 12.3. The maximum Gasteiger partial charge on any atom is 0.245 e. The summed E-state index contributed by atoms with van der Waals surface area (Å²) in [5, 5.41) is 8.12. The summed E-state index contributed by atoms with van der Waals surface area (Å²) in [6.07, 6.45) is 5.41. The van der Waals surface area contributed by atoms with E-state index in [-0.39, 0.29) is 0 Å². The van der Waals surface area contributed by atoms with Crippen molar-refractivity contribution in [3.05, 3.63) is 60.8 Å². The number of ether oxygens (including phenoxy) is 1. The first-order chi connectivity index (χ1) is 21.2. The van der Waals surface area contributed by atoms with Crippen LogP contribution in [0.25, 0.3) is 16.8 Å². The Hall–Kier alpha value is -3.87. The van der Waals surface area contributed by atoms with Gasteiger partial charge in [-0.25, -0.2) is 17.9 Å². The summed E-state index contributed by atoms with van der Waals surface area (Å²) in [5.74, 6) is 1.79. The molecule has 0 amide bonds. The van der Waals surface area contributed by atoms with Crippen LogP contribution in [0.3, 0.4) is 0 Å². The van der Waals surface area contributed by atoms with Crippen molar-refractivity contribution in [3.8, 4) is 17.0 Å². The van der Waals surface area contributed by atoms with Crippen molar-refractivity contribution >= 4 is 38.6 Å². The van der Waals surface area contributed by atoms with Gasteiger partial charge in [-0.1, -0.05) is 18.2 Å². The second-order valence-corrected chi connectivity index (χ2v) is 14.0. The lowest BCUT2D eigenvalue weighted by Crippen LogP contribution is -2.48. The number of rotatable bonds is 9. The van der Waals surface area contributed by atoms with Gasteiger partial charge < -0.3 is 24.8 Å². The number of nitrogens with one attached hydrogen (secondary N) is 1. The van der Waals surface area contributed by atoms with Gasteiger partial charge in [-0.05, 0) is 56.1 Å². The lowest BCUT2D eigenvalue weighted by Gasteiger charge is -2.39. The third kappa shape index (κ3) is 6.47. The Kier molecular flexibility index (Phi) is 8.66. The van der Waals surface area contributed by atoms with Gasteiger partial charge in [0.15, 0.2) is 0 Å². The minimum atomic E-state index is -3.45. The summed E-state index contributed by atoms with van der Waals surface area (Å²) in [4.78, 5) is 12.1. The van der Waals surface area contributed by atoms with Crippen LogP contribution in [-0.2, 0) is 10.0 Å². The molecule has 4 heterocycles. The van der Waals surface area contributed by atoms with Crippen LogP contribution in [0, 0.1) is 5.92 Å². The summed E-state index contributed by atoms with van der Waals surface area (Å²) >= 11 is 0. The third-order valence-corrected chi connectivity index (χ3v) is 10.0. The number of hydrogen-bond donors (Lipinski definition) is 1. The first-order valence-electron chi connectivity index (χ1n) is 15.2. The molecule has 2 aliphatic heterocycles. The molecule has 12 heteroatoms. The number of anilines is 4. The van der Waals surface area contributed by atoms with Crippen LogP contribution in [0.1, 0.15) is 12.8 Å². The van der Waals surface area contributed by atoms with Crippen LogP contribution >= 0.6 is 0 Å². The fraction of sp³-hybridized carbons (Fsp3) is 0.438. The molecule has 0 radical (unpaired) electrons. The number of nitrogens with zero attached hydrogens (tertiary/aromatic N) is 7. The van der Waals surface area contributed by atoms with E-state index < -0.39 is 10.0 Å². The van der Waals surface area contributed by atoms with Crippen molar-refractivity contribution in [1.29, 1.82) is 0 Å². The molecule has 4 aromatic rings. The number of sulfonamides is 1. The highest BCUT2D eigenvalue weighted by Crippen LogP contribution is 2.35. The molecule has 6 rings (SSSR count). The summed E-state index contributed by atoms with van der Waals surface area (Å²) in [6.45, 7) is 7.87. The van der Waals surface area contributed by atoms with E-state index in [0.717, 1.165) is 79.7 Å². The molecule has 11 nitrogen and oxygen atoms in total. The molecule has 2 fully saturated rings. The summed E-state index contributed by atoms with van der Waals surface area (Å²) < 4.78 is 33.5. The summed E-state index contributed by atoms with van der Waals surface area (Å²) in [5.41, 5.74) is 4.80. The minimum absolute atomic E-state index is 0.403. The predicted molar refractivity (Wildman–Crippen MR) is 177 cm³/mol. The molecule has 44 heavy (non-hydrogen) atoms. The number of benzene rings is 2. The number of hydrogen-bond acceptors (Lipinski definition) is 9. The zero-order valence-corrected chi connectivity index (χ0v) is 26.8. The number of aromatic nitrogens is 3. The van der Waals surface area contributed by atoms with E-state index >= 15 is 0 Å². The van der Waals surface area contributed by atoms with Crippen LogP contribution < -0.4 is 19.3 Å². The molecule has 0 bridgehead atoms. The van der Waals surface area contributed by atoms with E-state index in [1.54, 1.807) is 30.9 Å². The average molecular weight is 619 g/mol. The monoisotopic (exact) mass is 618 g/mol. The fourth-order valence-corrected chi connectivity index (χ4v) is 6.77. The van der Waals surface area contributed by atoms with E-state index in [4.69, 9.17) is 9.84 Å². The number of piperidine rings is 1. The molecule has 0 aliphatic carbocycles. The molecule has 1 unspecified atom stereocenters. The number of piperazine rings is 1. The molecule has 2 aromatic heterocycles. The van der Waals surface area contributed by atoms with Gasteiger partial charge in [0.05, 0.1) is 42.1 Å². The van der Waals surface area contributed by atoms with Crippen molar-refractivity contribution in [2.45, 2.75) is 12.8 Å². The summed E-state index contributed by atoms with van der Waals surface area (Å²) in [7, 11) is 2.00. The molecule has 234 valence electrons. The second kappa shape index (κ2) is 12.6. The first kappa shape index (κ1) is 30.2. The van der Waals surface area contributed by atoms with Gasteiger partial charge in [0.2, 0.25) is 16.0 Å². The molecule has 2 aliphatic rings. The van der Waals surface area contributed by atoms with Gasteiger partial charge in [-0.3, -0.25) is 4.31 Å². The van der Waals surface area contributed by atoms with Crippen LogP contribution in [-0.4, -0.2) is 106 Å². The molecule has 1 atom stereocenters. The maximum atomic E-state index is 12.3. The SMILES string of the molecule is COc1cc(N2CCCC(CN3CCN(C)CC3)C2)ccc1Nc1ncc2ccc(-c3ccccc3N(C)S(C)(=O)=O)n2n1. The van der Waals surface area contributed by atoms with E-state index in [9.17, 15) is 8.42 Å². The Bertz CT molecular complexity index is 1720. The fourth-order valence-electron chi connectivity index (χ4n) is 6.25. The van der Waals surface area contributed by atoms with Gasteiger partial charge in [0.25, 0.3) is 0 Å². The number of fused-ring (bicyclic) bond motifs is 1. The highest BCUT2D eigenvalue weighted by atomic mass is 32.2. The van der Waals surface area contributed by atoms with Crippen molar-refractivity contribution in [3.63, 3.8) is 0 Å². The van der Waals surface area contributed by atoms with Gasteiger partial charge >= 0.3 is 0 Å². The van der Waals surface area contributed by atoms with Gasteiger partial charge in [0.1, 0.15) is 5.75 Å². The largest absolute Gasteiger partial charge is 0.494 e. The smallest absolute Gasteiger partial charge is 0.245 e. The average Bonchev–Trinajstić information content (AvgIpc) is 3.45. The van der Waals surface area contributed by atoms with E-state index in [1.807, 2.05) is 36.4 Å². The molecule has 0 spiro atoms. The van der Waals surface area contributed by atoms with Crippen molar-refractivity contribution in [2.75, 3.05) is 87.8 Å². The predicted octanol–water partition coefficient (Wildman–Crippen LogP) is 4.01. The number of methoxy groups -OCH3 is 1. The van der Waals surface area contributed by atoms with Crippen LogP contribution in [0.4, 0.5) is 23.0 Å². The lowest BCUT2D eigenvalue weighted by molar-refractivity contribution is 0.131. The standard InChI is InChI=1S/C32H42N8O3S/c1-36-16-18-38(19-17-36)22-24-8-7-15-39(23-24)25-11-13-28(31(20-25)43-3)34-32-33-21-26-12-14-30(40(26)35-32)27-9-5-6-10-29(27)37(2)44(4,41)42/h5-6,9-14,20-21,24H,7-8,15-19,22-23H2,1-4H3,(H,34,35). The first-order valence-corrected chi connectivity index (χ1v) is 17.0. The number of para-hydroxylation sites is 1. The normalized spacial score (nSPS) is 18.5. The van der Waals surface area contributed by atoms with E-state index in [0.29, 0.717) is 17.6 Å². The lowest BCUT2D eigenvalue weighted by atomic mass is 9.96. The topological polar surface area (TPSA) is 98.5 Å². The minimum Gasteiger partial charge on any atom is -0.494 e. The highest BCUT2D eigenvalue weighted by molar-refractivity contribution is 7.92. The van der Waals surface area contributed by atoms with Crippen LogP contribution in [0.15, 0.2) is 60.8 Å². The highest BCUT2D eigenvalue weighted by Gasteiger charge is 2.25. The molecular formula is C32H42N8O3S. The van der Waals surface area contributed by atoms with E-state index in [2.05, 4.69) is 44.2 Å². The van der Waals surface area contributed by atoms with Crippen molar-refractivity contribution in [2.24, 2.45) is 5.92 Å². The Labute approximate surface area is 260 Å². The van der Waals surface area contributed by atoms with Crippen LogP contribution in [0.5, 0.6) is 5.75 Å². The summed E-state index contributed by atoms with van der Waals surface area (Å²) in [6, 6.07) is 17.5. The van der Waals surface area contributed by atoms with Gasteiger partial charge in [-0.2, -0.15) is 0 Å². The Morgan fingerprint density at radius 3 is 2.61 bits per heavy atom. The second-order valence-electron chi connectivity index (χ2n) is 12.0. The van der Waals surface area contributed by atoms with Crippen molar-refractivity contribution < 1.29 is 13.2 Å².